The molecule has 1 aromatic carbocycles. The number of halogens is 1. The minimum Gasteiger partial charge on any atom is -0.465 e. The monoisotopic (exact) mass is 260 g/mol. The molecule has 0 bridgehead atoms. The molecule has 6 nitrogen and oxygen atoms in total. The Labute approximate surface area is 106 Å². The van der Waals surface area contributed by atoms with Crippen molar-refractivity contribution >= 4 is 28.3 Å². The number of imidazole rings is 1. The van der Waals surface area contributed by atoms with Gasteiger partial charge in [-0.1, -0.05) is 0 Å². The number of hydrogen-bond acceptors (Lipinski definition) is 5. The van der Waals surface area contributed by atoms with Crippen LogP contribution < -0.4 is 5.73 Å². The Morgan fingerprint density at radius 3 is 2.95 bits per heavy atom. The summed E-state index contributed by atoms with van der Waals surface area (Å²) in [7, 11) is 1.19. The summed E-state index contributed by atoms with van der Waals surface area (Å²) in [5, 5.41) is 0. The predicted molar refractivity (Wildman–Crippen MR) is 66.2 cm³/mol. The highest BCUT2D eigenvalue weighted by atomic mass is 19.1. The first kappa shape index (κ1) is 11.4. The average molecular weight is 260 g/mol. The Kier molecular flexibility index (Phi) is 2.34. The summed E-state index contributed by atoms with van der Waals surface area (Å²) in [6.45, 7) is 0. The molecule has 0 atom stereocenters. The minimum absolute atomic E-state index is 0.156. The molecule has 0 aliphatic heterocycles. The van der Waals surface area contributed by atoms with Crippen molar-refractivity contribution in [2.45, 2.75) is 0 Å². The maximum atomic E-state index is 13.8. The number of anilines is 1. The molecule has 3 aromatic rings. The third kappa shape index (κ3) is 1.59. The zero-order valence-corrected chi connectivity index (χ0v) is 9.92. The van der Waals surface area contributed by atoms with Gasteiger partial charge in [-0.25, -0.2) is 19.2 Å². The first-order valence-electron chi connectivity index (χ1n) is 5.41. The molecule has 0 unspecified atom stereocenters. The highest BCUT2D eigenvalue weighted by Crippen LogP contribution is 2.22. The van der Waals surface area contributed by atoms with E-state index in [1.165, 1.54) is 19.5 Å². The van der Waals surface area contributed by atoms with E-state index in [2.05, 4.69) is 14.7 Å². The van der Waals surface area contributed by atoms with Gasteiger partial charge in [0, 0.05) is 6.07 Å². The van der Waals surface area contributed by atoms with Crippen LogP contribution in [0.15, 0.2) is 24.7 Å². The number of aromatic nitrogens is 3. The standard InChI is InChI=1S/C12H9FN4O2/c1-19-12(18)6-2-9-8(3-7(6)13)16-11(14)10-4-15-5-17(9)10/h2-5H,1H3,(H2,14,16). The first-order valence-corrected chi connectivity index (χ1v) is 5.41. The highest BCUT2D eigenvalue weighted by molar-refractivity contribution is 5.95. The van der Waals surface area contributed by atoms with Crippen molar-refractivity contribution in [3.05, 3.63) is 36.0 Å². The molecular weight excluding hydrogens is 251 g/mol. The number of nitrogen functional groups attached to an aromatic ring is 1. The van der Waals surface area contributed by atoms with E-state index in [0.29, 0.717) is 16.6 Å². The van der Waals surface area contributed by atoms with Gasteiger partial charge in [-0.3, -0.25) is 4.40 Å². The summed E-state index contributed by atoms with van der Waals surface area (Å²) in [5.74, 6) is -1.20. The van der Waals surface area contributed by atoms with Crippen molar-refractivity contribution < 1.29 is 13.9 Å². The molecule has 0 aliphatic carbocycles. The molecule has 2 heterocycles. The predicted octanol–water partition coefficient (Wildman–Crippen LogP) is 1.39. The van der Waals surface area contributed by atoms with E-state index in [-0.39, 0.29) is 11.4 Å². The lowest BCUT2D eigenvalue weighted by molar-refractivity contribution is 0.0595. The SMILES string of the molecule is COC(=O)c1cc2c(cc1F)nc(N)c1cncn12. The maximum Gasteiger partial charge on any atom is 0.340 e. The van der Waals surface area contributed by atoms with Crippen LogP contribution in [0.2, 0.25) is 0 Å². The first-order chi connectivity index (χ1) is 9.11. The number of ether oxygens (including phenoxy) is 1. The number of carbonyl (C=O) groups excluding carboxylic acids is 1. The molecule has 0 radical (unpaired) electrons. The van der Waals surface area contributed by atoms with Crippen LogP contribution in [-0.2, 0) is 4.74 Å². The molecule has 0 amide bonds. The van der Waals surface area contributed by atoms with Crippen LogP contribution >= 0.6 is 0 Å². The van der Waals surface area contributed by atoms with Crippen molar-refractivity contribution in [1.82, 2.24) is 14.4 Å². The molecule has 19 heavy (non-hydrogen) atoms. The summed E-state index contributed by atoms with van der Waals surface area (Å²) in [6.07, 6.45) is 3.07. The number of methoxy groups -OCH3 is 1. The number of hydrogen-bond donors (Lipinski definition) is 1. The molecule has 2 N–H and O–H groups in total. The molecule has 0 aliphatic rings. The fourth-order valence-electron chi connectivity index (χ4n) is 1.96. The fourth-order valence-corrected chi connectivity index (χ4v) is 1.96. The molecule has 0 saturated heterocycles. The number of carbonyl (C=O) groups is 1. The van der Waals surface area contributed by atoms with Crippen LogP contribution in [-0.4, -0.2) is 27.4 Å². The number of esters is 1. The van der Waals surface area contributed by atoms with E-state index in [9.17, 15) is 9.18 Å². The van der Waals surface area contributed by atoms with E-state index in [1.54, 1.807) is 10.6 Å². The molecule has 0 saturated carbocycles. The van der Waals surface area contributed by atoms with Gasteiger partial charge in [-0.15, -0.1) is 0 Å². The largest absolute Gasteiger partial charge is 0.465 e. The van der Waals surface area contributed by atoms with Crippen molar-refractivity contribution in [3.8, 4) is 0 Å². The zero-order valence-electron chi connectivity index (χ0n) is 9.92. The van der Waals surface area contributed by atoms with Crippen LogP contribution in [0.25, 0.3) is 16.6 Å². The van der Waals surface area contributed by atoms with Gasteiger partial charge in [0.15, 0.2) is 0 Å². The van der Waals surface area contributed by atoms with Gasteiger partial charge >= 0.3 is 5.97 Å². The molecule has 0 fully saturated rings. The minimum atomic E-state index is -0.746. The van der Waals surface area contributed by atoms with Gasteiger partial charge in [0.05, 0.1) is 36.2 Å². The number of benzene rings is 1. The van der Waals surface area contributed by atoms with Crippen LogP contribution in [0, 0.1) is 5.82 Å². The highest BCUT2D eigenvalue weighted by Gasteiger charge is 2.16. The summed E-state index contributed by atoms with van der Waals surface area (Å²) in [5.41, 5.74) is 7.06. The summed E-state index contributed by atoms with van der Waals surface area (Å²) in [4.78, 5) is 19.5. The molecule has 96 valence electrons. The van der Waals surface area contributed by atoms with E-state index in [4.69, 9.17) is 5.73 Å². The zero-order chi connectivity index (χ0) is 13.6. The smallest absolute Gasteiger partial charge is 0.340 e. The average Bonchev–Trinajstić information content (AvgIpc) is 2.87. The normalized spacial score (nSPS) is 11.1. The Morgan fingerprint density at radius 1 is 1.42 bits per heavy atom. The number of nitrogens with two attached hydrogens (primary N) is 1. The molecule has 0 spiro atoms. The Bertz CT molecular complexity index is 812. The molecular formula is C12H9FN4O2. The van der Waals surface area contributed by atoms with Crippen LogP contribution in [0.5, 0.6) is 0 Å². The van der Waals surface area contributed by atoms with Gasteiger partial charge in [0.1, 0.15) is 17.2 Å². The number of nitrogens with zero attached hydrogens (tertiary/aromatic N) is 3. The Hall–Kier alpha value is -2.70. The van der Waals surface area contributed by atoms with Gasteiger partial charge in [0.2, 0.25) is 0 Å². The van der Waals surface area contributed by atoms with E-state index >= 15 is 0 Å². The van der Waals surface area contributed by atoms with Crippen molar-refractivity contribution in [2.24, 2.45) is 0 Å². The van der Waals surface area contributed by atoms with Gasteiger partial charge in [0.25, 0.3) is 0 Å². The molecule has 7 heteroatoms. The third-order valence-corrected chi connectivity index (χ3v) is 2.87. The van der Waals surface area contributed by atoms with Crippen molar-refractivity contribution in [2.75, 3.05) is 12.8 Å². The van der Waals surface area contributed by atoms with Crippen molar-refractivity contribution in [3.63, 3.8) is 0 Å². The van der Waals surface area contributed by atoms with Crippen molar-refractivity contribution in [1.29, 1.82) is 0 Å². The van der Waals surface area contributed by atoms with Crippen LogP contribution in [0.4, 0.5) is 10.2 Å². The quantitative estimate of drug-likeness (QED) is 0.668. The van der Waals surface area contributed by atoms with E-state index in [0.717, 1.165) is 6.07 Å². The Morgan fingerprint density at radius 2 is 2.21 bits per heavy atom. The lowest BCUT2D eigenvalue weighted by Gasteiger charge is -2.07. The summed E-state index contributed by atoms with van der Waals surface area (Å²) >= 11 is 0. The molecule has 3 rings (SSSR count). The third-order valence-electron chi connectivity index (χ3n) is 2.87. The second kappa shape index (κ2) is 3.91. The van der Waals surface area contributed by atoms with Gasteiger partial charge < -0.3 is 10.5 Å². The van der Waals surface area contributed by atoms with E-state index in [1.807, 2.05) is 0 Å². The number of rotatable bonds is 1. The van der Waals surface area contributed by atoms with Gasteiger partial charge in [-0.05, 0) is 6.07 Å². The summed E-state index contributed by atoms with van der Waals surface area (Å²) in [6, 6.07) is 2.52. The lowest BCUT2D eigenvalue weighted by Crippen LogP contribution is -2.06. The topological polar surface area (TPSA) is 82.5 Å². The lowest BCUT2D eigenvalue weighted by atomic mass is 10.1. The second-order valence-electron chi connectivity index (χ2n) is 3.96. The maximum absolute atomic E-state index is 13.8. The number of fused-ring (bicyclic) bond motifs is 3. The van der Waals surface area contributed by atoms with Crippen LogP contribution in [0.1, 0.15) is 10.4 Å². The summed E-state index contributed by atoms with van der Waals surface area (Å²) < 4.78 is 20.0. The Balaban J connectivity index is 2.43. The van der Waals surface area contributed by atoms with E-state index < -0.39 is 11.8 Å². The fraction of sp³-hybridized carbons (Fsp3) is 0.0833. The van der Waals surface area contributed by atoms with Crippen LogP contribution in [0.3, 0.4) is 0 Å². The van der Waals surface area contributed by atoms with Gasteiger partial charge in [-0.2, -0.15) is 0 Å². The molecule has 2 aromatic heterocycles. The second-order valence-corrected chi connectivity index (χ2v) is 3.96.